The Bertz CT molecular complexity index is 520. The number of carbonyl (C=O) groups is 2. The molecule has 0 aromatic heterocycles. The van der Waals surface area contributed by atoms with E-state index in [2.05, 4.69) is 0 Å². The number of nitrogens with zero attached hydrogens (tertiary/aromatic N) is 1. The predicted molar refractivity (Wildman–Crippen MR) is 66.8 cm³/mol. The van der Waals surface area contributed by atoms with Gasteiger partial charge in [0.1, 0.15) is 0 Å². The average molecular weight is 245 g/mol. The minimum atomic E-state index is -0.944. The van der Waals surface area contributed by atoms with Crippen molar-refractivity contribution in [3.05, 3.63) is 29.3 Å². The normalized spacial score (nSPS) is 18.3. The van der Waals surface area contributed by atoms with E-state index in [1.165, 1.54) is 0 Å². The van der Waals surface area contributed by atoms with Gasteiger partial charge >= 0.3 is 5.97 Å². The quantitative estimate of drug-likeness (QED) is 0.867. The predicted octanol–water partition coefficient (Wildman–Crippen LogP) is 2.07. The fourth-order valence-electron chi connectivity index (χ4n) is 2.62. The van der Waals surface area contributed by atoms with Crippen LogP contribution in [-0.4, -0.2) is 23.5 Å². The lowest BCUT2D eigenvalue weighted by Crippen LogP contribution is -2.37. The zero-order valence-corrected chi connectivity index (χ0v) is 10.1. The third kappa shape index (κ3) is 1.68. The lowest BCUT2D eigenvalue weighted by molar-refractivity contribution is -0.124. The molecule has 18 heavy (non-hydrogen) atoms. The van der Waals surface area contributed by atoms with Crippen molar-refractivity contribution < 1.29 is 14.7 Å². The molecule has 1 amide bonds. The van der Waals surface area contributed by atoms with Crippen LogP contribution in [0.25, 0.3) is 0 Å². The molecule has 1 N–H and O–H groups in total. The summed E-state index contributed by atoms with van der Waals surface area (Å²) in [6.45, 7) is 0.688. The van der Waals surface area contributed by atoms with Gasteiger partial charge in [0, 0.05) is 18.2 Å². The summed E-state index contributed by atoms with van der Waals surface area (Å²) in [4.78, 5) is 25.0. The number of carboxylic acids is 1. The van der Waals surface area contributed by atoms with E-state index in [1.807, 2.05) is 6.07 Å². The van der Waals surface area contributed by atoms with Crippen molar-refractivity contribution in [3.8, 4) is 0 Å². The van der Waals surface area contributed by atoms with Gasteiger partial charge in [0.05, 0.1) is 5.56 Å². The number of carbonyl (C=O) groups excluding carboxylic acids is 1. The van der Waals surface area contributed by atoms with Crippen LogP contribution in [0.3, 0.4) is 0 Å². The van der Waals surface area contributed by atoms with Crippen molar-refractivity contribution in [2.24, 2.45) is 5.92 Å². The molecule has 1 aromatic rings. The molecule has 0 atom stereocenters. The molecule has 0 spiro atoms. The number of amides is 1. The second-order valence-electron chi connectivity index (χ2n) is 5.02. The van der Waals surface area contributed by atoms with Crippen LogP contribution in [0.15, 0.2) is 18.2 Å². The lowest BCUT2D eigenvalue weighted by Gasteiger charge is -2.29. The van der Waals surface area contributed by atoms with Crippen molar-refractivity contribution >= 4 is 17.6 Å². The summed E-state index contributed by atoms with van der Waals surface area (Å²) < 4.78 is 0. The molecule has 0 unspecified atom stereocenters. The van der Waals surface area contributed by atoms with Gasteiger partial charge in [-0.25, -0.2) is 4.79 Å². The minimum absolute atomic E-state index is 0.157. The Hall–Kier alpha value is -1.84. The van der Waals surface area contributed by atoms with Gasteiger partial charge < -0.3 is 10.0 Å². The van der Waals surface area contributed by atoms with Gasteiger partial charge in [-0.15, -0.1) is 0 Å². The van der Waals surface area contributed by atoms with E-state index in [0.717, 1.165) is 36.9 Å². The minimum Gasteiger partial charge on any atom is -0.478 e. The molecule has 1 fully saturated rings. The summed E-state index contributed by atoms with van der Waals surface area (Å²) in [5, 5.41) is 9.00. The standard InChI is InChI=1S/C14H15NO3/c16-13(10-2-1-3-10)15-7-6-9-4-5-11(14(17)18)8-12(9)15/h4-5,8,10H,1-3,6-7H2,(H,17,18). The molecule has 4 heteroatoms. The van der Waals surface area contributed by atoms with Crippen molar-refractivity contribution in [1.29, 1.82) is 0 Å². The van der Waals surface area contributed by atoms with E-state index >= 15 is 0 Å². The van der Waals surface area contributed by atoms with Crippen molar-refractivity contribution in [2.45, 2.75) is 25.7 Å². The molecule has 0 bridgehead atoms. The Morgan fingerprint density at radius 2 is 2.06 bits per heavy atom. The number of rotatable bonds is 2. The van der Waals surface area contributed by atoms with Gasteiger partial charge in [-0.05, 0) is 37.0 Å². The second-order valence-corrected chi connectivity index (χ2v) is 5.02. The third-order valence-electron chi connectivity index (χ3n) is 3.95. The smallest absolute Gasteiger partial charge is 0.335 e. The summed E-state index contributed by atoms with van der Waals surface area (Å²) >= 11 is 0. The third-order valence-corrected chi connectivity index (χ3v) is 3.95. The van der Waals surface area contributed by atoms with Crippen molar-refractivity contribution in [1.82, 2.24) is 0 Å². The highest BCUT2D eigenvalue weighted by Crippen LogP contribution is 2.35. The number of hydrogen-bond acceptors (Lipinski definition) is 2. The lowest BCUT2D eigenvalue weighted by atomic mass is 9.84. The number of aromatic carboxylic acids is 1. The Morgan fingerprint density at radius 3 is 2.67 bits per heavy atom. The average Bonchev–Trinajstić information content (AvgIpc) is 2.68. The van der Waals surface area contributed by atoms with Crippen LogP contribution in [0.1, 0.15) is 35.2 Å². The monoisotopic (exact) mass is 245 g/mol. The van der Waals surface area contributed by atoms with E-state index in [0.29, 0.717) is 6.54 Å². The van der Waals surface area contributed by atoms with E-state index in [1.54, 1.807) is 17.0 Å². The van der Waals surface area contributed by atoms with Gasteiger partial charge in [0.15, 0.2) is 0 Å². The summed E-state index contributed by atoms with van der Waals surface area (Å²) in [6.07, 6.45) is 3.91. The molecule has 1 aliphatic heterocycles. The van der Waals surface area contributed by atoms with Crippen LogP contribution in [0.4, 0.5) is 5.69 Å². The van der Waals surface area contributed by atoms with E-state index in [9.17, 15) is 9.59 Å². The number of anilines is 1. The summed E-state index contributed by atoms with van der Waals surface area (Å²) in [6, 6.07) is 5.06. The fourth-order valence-corrected chi connectivity index (χ4v) is 2.62. The highest BCUT2D eigenvalue weighted by Gasteiger charge is 2.33. The maximum Gasteiger partial charge on any atom is 0.335 e. The molecule has 3 rings (SSSR count). The molecule has 1 aromatic carbocycles. The van der Waals surface area contributed by atoms with Gasteiger partial charge in [-0.1, -0.05) is 12.5 Å². The van der Waals surface area contributed by atoms with E-state index in [-0.39, 0.29) is 17.4 Å². The van der Waals surface area contributed by atoms with Crippen LogP contribution in [0.2, 0.25) is 0 Å². The van der Waals surface area contributed by atoms with E-state index < -0.39 is 5.97 Å². The number of carboxylic acid groups (broad SMARTS) is 1. The number of hydrogen-bond donors (Lipinski definition) is 1. The van der Waals surface area contributed by atoms with Gasteiger partial charge in [0.25, 0.3) is 0 Å². The van der Waals surface area contributed by atoms with E-state index in [4.69, 9.17) is 5.11 Å². The maximum atomic E-state index is 12.2. The molecular weight excluding hydrogens is 230 g/mol. The zero-order valence-electron chi connectivity index (χ0n) is 10.1. The first kappa shape index (κ1) is 11.3. The highest BCUT2D eigenvalue weighted by atomic mass is 16.4. The van der Waals surface area contributed by atoms with Crippen LogP contribution >= 0.6 is 0 Å². The van der Waals surface area contributed by atoms with Crippen LogP contribution in [0.5, 0.6) is 0 Å². The van der Waals surface area contributed by atoms with Crippen molar-refractivity contribution in [3.63, 3.8) is 0 Å². The molecule has 0 radical (unpaired) electrons. The Kier molecular flexibility index (Phi) is 2.58. The molecule has 1 heterocycles. The van der Waals surface area contributed by atoms with Crippen LogP contribution < -0.4 is 4.90 Å². The van der Waals surface area contributed by atoms with Crippen molar-refractivity contribution in [2.75, 3.05) is 11.4 Å². The number of fused-ring (bicyclic) bond motifs is 1. The Morgan fingerprint density at radius 1 is 1.28 bits per heavy atom. The van der Waals surface area contributed by atoms with Crippen LogP contribution in [-0.2, 0) is 11.2 Å². The first-order valence-electron chi connectivity index (χ1n) is 6.34. The molecular formula is C14H15NO3. The largest absolute Gasteiger partial charge is 0.478 e. The SMILES string of the molecule is O=C(O)c1ccc2c(c1)N(C(=O)C1CCC1)CC2. The highest BCUT2D eigenvalue weighted by molar-refractivity contribution is 5.99. The Labute approximate surface area is 105 Å². The first-order valence-corrected chi connectivity index (χ1v) is 6.34. The zero-order chi connectivity index (χ0) is 12.7. The maximum absolute atomic E-state index is 12.2. The molecule has 1 aliphatic carbocycles. The van der Waals surface area contributed by atoms with Gasteiger partial charge in [-0.3, -0.25) is 4.79 Å². The first-order chi connectivity index (χ1) is 8.66. The number of benzene rings is 1. The molecule has 1 saturated carbocycles. The molecule has 4 nitrogen and oxygen atoms in total. The molecule has 2 aliphatic rings. The summed E-state index contributed by atoms with van der Waals surface area (Å²) in [5.74, 6) is -0.618. The Balaban J connectivity index is 1.91. The summed E-state index contributed by atoms with van der Waals surface area (Å²) in [7, 11) is 0. The van der Waals surface area contributed by atoms with Gasteiger partial charge in [0.2, 0.25) is 5.91 Å². The molecule has 0 saturated heterocycles. The van der Waals surface area contributed by atoms with Crippen LogP contribution in [0, 0.1) is 5.92 Å². The fraction of sp³-hybridized carbons (Fsp3) is 0.429. The van der Waals surface area contributed by atoms with Gasteiger partial charge in [-0.2, -0.15) is 0 Å². The second kappa shape index (κ2) is 4.12. The molecule has 94 valence electrons. The summed E-state index contributed by atoms with van der Waals surface area (Å²) in [5.41, 5.74) is 2.13. The topological polar surface area (TPSA) is 57.6 Å².